The third kappa shape index (κ3) is 3.15. The van der Waals surface area contributed by atoms with Gasteiger partial charge in [0.15, 0.2) is 0 Å². The van der Waals surface area contributed by atoms with Crippen LogP contribution in [0.3, 0.4) is 0 Å². The van der Waals surface area contributed by atoms with Gasteiger partial charge in [-0.25, -0.2) is 4.79 Å². The molecule has 3 atom stereocenters. The summed E-state index contributed by atoms with van der Waals surface area (Å²) in [5.74, 6) is -0.758. The number of aliphatic hydroxyl groups is 2. The summed E-state index contributed by atoms with van der Waals surface area (Å²) in [6.07, 6.45) is -1.62. The molecule has 0 amide bonds. The lowest BCUT2D eigenvalue weighted by atomic mass is 9.95. The number of carbonyl (C=O) groups is 1. The largest absolute Gasteiger partial charge is 0.394 e. The van der Waals surface area contributed by atoms with Gasteiger partial charge >= 0.3 is 5.69 Å². The molecule has 0 aliphatic carbocycles. The molecule has 0 radical (unpaired) electrons. The second-order valence-electron chi connectivity index (χ2n) is 6.47. The van der Waals surface area contributed by atoms with Crippen LogP contribution < -0.4 is 11.2 Å². The van der Waals surface area contributed by atoms with E-state index >= 15 is 0 Å². The maximum Gasteiger partial charge on any atom is 0.331 e. The van der Waals surface area contributed by atoms with Crippen LogP contribution in [0, 0.1) is 17.0 Å². The Morgan fingerprint density at radius 1 is 1.39 bits per heavy atom. The summed E-state index contributed by atoms with van der Waals surface area (Å²) in [5, 5.41) is 30.4. The summed E-state index contributed by atoms with van der Waals surface area (Å²) >= 11 is 0. The van der Waals surface area contributed by atoms with Crippen LogP contribution >= 0.6 is 0 Å². The van der Waals surface area contributed by atoms with Crippen molar-refractivity contribution in [1.82, 2.24) is 9.55 Å². The van der Waals surface area contributed by atoms with Crippen LogP contribution in [-0.2, 0) is 10.5 Å². The number of rotatable bonds is 5. The molecule has 11 heteroatoms. The number of hydrogen-bond acceptors (Lipinski definition) is 8. The number of aliphatic hydroxyl groups excluding tert-OH is 2. The second-order valence-corrected chi connectivity index (χ2v) is 6.47. The van der Waals surface area contributed by atoms with E-state index < -0.39 is 46.5 Å². The molecule has 0 saturated carbocycles. The predicted molar refractivity (Wildman–Crippen MR) is 94.0 cm³/mol. The van der Waals surface area contributed by atoms with Gasteiger partial charge < -0.3 is 14.9 Å². The second kappa shape index (κ2) is 7.11. The molecule has 2 heterocycles. The van der Waals surface area contributed by atoms with Crippen molar-refractivity contribution >= 4 is 11.5 Å². The molecule has 0 spiro atoms. The highest BCUT2D eigenvalue weighted by Crippen LogP contribution is 2.37. The lowest BCUT2D eigenvalue weighted by Gasteiger charge is -2.29. The van der Waals surface area contributed by atoms with Gasteiger partial charge in [-0.15, -0.1) is 0 Å². The van der Waals surface area contributed by atoms with Gasteiger partial charge in [0.1, 0.15) is 6.10 Å². The SMILES string of the molecule is Cc1cn([C@@]2(C(=O)c3ccc([N+](=O)[O-])cc3)C[C@H](O)[C@@H](CO)O2)c(=O)[nH]c1=O. The summed E-state index contributed by atoms with van der Waals surface area (Å²) in [5.41, 5.74) is -3.72. The van der Waals surface area contributed by atoms with Crippen molar-refractivity contribution in [2.45, 2.75) is 31.3 Å². The minimum atomic E-state index is -2.03. The number of hydrogen-bond donors (Lipinski definition) is 3. The number of benzene rings is 1. The van der Waals surface area contributed by atoms with Crippen LogP contribution in [0.25, 0.3) is 0 Å². The zero-order valence-electron chi connectivity index (χ0n) is 14.7. The van der Waals surface area contributed by atoms with Crippen molar-refractivity contribution in [1.29, 1.82) is 0 Å². The number of nitro benzene ring substituents is 1. The third-order valence-corrected chi connectivity index (χ3v) is 4.65. The number of aromatic nitrogens is 2. The van der Waals surface area contributed by atoms with E-state index in [-0.39, 0.29) is 23.2 Å². The van der Waals surface area contributed by atoms with E-state index in [0.717, 1.165) is 22.9 Å². The highest BCUT2D eigenvalue weighted by Gasteiger charge is 2.53. The Labute approximate surface area is 157 Å². The van der Waals surface area contributed by atoms with E-state index in [9.17, 15) is 34.7 Å². The molecule has 1 aliphatic rings. The summed E-state index contributed by atoms with van der Waals surface area (Å²) < 4.78 is 6.49. The molecule has 3 rings (SSSR count). The number of non-ortho nitro benzene ring substituents is 1. The standard InChI is InChI=1S/C17H17N3O8/c1-9-7-19(16(25)18-15(9)24)17(6-12(22)13(8-21)28-17)14(23)10-2-4-11(5-3-10)20(26)27/h2-5,7,12-13,21-22H,6,8H2,1H3,(H,18,24,25)/t12-,13+,17-/m0/s1. The molecule has 2 aromatic rings. The van der Waals surface area contributed by atoms with Crippen molar-refractivity contribution in [2.24, 2.45) is 0 Å². The number of aryl methyl sites for hydroxylation is 1. The minimum Gasteiger partial charge on any atom is -0.394 e. The average molecular weight is 391 g/mol. The number of ketones is 1. The van der Waals surface area contributed by atoms with Crippen molar-refractivity contribution < 1.29 is 24.7 Å². The Kier molecular flexibility index (Phi) is 4.98. The van der Waals surface area contributed by atoms with Gasteiger partial charge in [0.25, 0.3) is 11.2 Å². The zero-order chi connectivity index (χ0) is 20.6. The van der Waals surface area contributed by atoms with Crippen molar-refractivity contribution in [3.8, 4) is 0 Å². The fourth-order valence-corrected chi connectivity index (χ4v) is 3.16. The van der Waals surface area contributed by atoms with Gasteiger partial charge in [-0.2, -0.15) is 0 Å². The fourth-order valence-electron chi connectivity index (χ4n) is 3.16. The third-order valence-electron chi connectivity index (χ3n) is 4.65. The van der Waals surface area contributed by atoms with Gasteiger partial charge in [0.2, 0.25) is 11.5 Å². The first kappa shape index (κ1) is 19.6. The van der Waals surface area contributed by atoms with Crippen LogP contribution in [0.1, 0.15) is 22.3 Å². The van der Waals surface area contributed by atoms with Gasteiger partial charge in [-0.3, -0.25) is 29.3 Å². The predicted octanol–water partition coefficient (Wildman–Crippen LogP) is -0.569. The number of nitro groups is 1. The topological polar surface area (TPSA) is 165 Å². The highest BCUT2D eigenvalue weighted by molar-refractivity contribution is 6.01. The number of nitrogens with zero attached hydrogens (tertiary/aromatic N) is 2. The first-order chi connectivity index (χ1) is 13.2. The number of H-pyrrole nitrogens is 1. The Bertz CT molecular complexity index is 1040. The van der Waals surface area contributed by atoms with Gasteiger partial charge in [-0.05, 0) is 19.1 Å². The van der Waals surface area contributed by atoms with Crippen LogP contribution in [0.5, 0.6) is 0 Å². The summed E-state index contributed by atoms with van der Waals surface area (Å²) in [6.45, 7) is 0.821. The lowest BCUT2D eigenvalue weighted by Crippen LogP contribution is -2.50. The Balaban J connectivity index is 2.17. The molecule has 11 nitrogen and oxygen atoms in total. The van der Waals surface area contributed by atoms with Crippen molar-refractivity contribution in [2.75, 3.05) is 6.61 Å². The van der Waals surface area contributed by atoms with E-state index in [4.69, 9.17) is 4.74 Å². The van der Waals surface area contributed by atoms with E-state index in [1.165, 1.54) is 19.1 Å². The van der Waals surface area contributed by atoms with E-state index in [1.54, 1.807) is 0 Å². The van der Waals surface area contributed by atoms with Crippen LogP contribution in [0.2, 0.25) is 0 Å². The maximum absolute atomic E-state index is 13.3. The molecular formula is C17H17N3O8. The fraction of sp³-hybridized carbons (Fsp3) is 0.353. The number of ether oxygens (including phenoxy) is 1. The molecule has 1 aliphatic heterocycles. The zero-order valence-corrected chi connectivity index (χ0v) is 14.7. The van der Waals surface area contributed by atoms with Crippen LogP contribution in [0.4, 0.5) is 5.69 Å². The Morgan fingerprint density at radius 2 is 2.04 bits per heavy atom. The van der Waals surface area contributed by atoms with Crippen molar-refractivity contribution in [3.63, 3.8) is 0 Å². The molecule has 1 saturated heterocycles. The molecule has 0 bridgehead atoms. The molecule has 0 unspecified atom stereocenters. The lowest BCUT2D eigenvalue weighted by molar-refractivity contribution is -0.384. The molecule has 28 heavy (non-hydrogen) atoms. The van der Waals surface area contributed by atoms with E-state index in [1.807, 2.05) is 0 Å². The molecule has 148 valence electrons. The maximum atomic E-state index is 13.3. The minimum absolute atomic E-state index is 0.00728. The summed E-state index contributed by atoms with van der Waals surface area (Å²) in [4.78, 5) is 49.6. The van der Waals surface area contributed by atoms with Crippen LogP contribution in [-0.4, -0.2) is 49.3 Å². The van der Waals surface area contributed by atoms with Gasteiger partial charge in [0.05, 0.1) is 17.6 Å². The quantitative estimate of drug-likeness (QED) is 0.346. The summed E-state index contributed by atoms with van der Waals surface area (Å²) in [7, 11) is 0. The monoisotopic (exact) mass is 391 g/mol. The van der Waals surface area contributed by atoms with E-state index in [0.29, 0.717) is 0 Å². The molecule has 3 N–H and O–H groups in total. The smallest absolute Gasteiger partial charge is 0.331 e. The normalized spacial score (nSPS) is 24.2. The molecular weight excluding hydrogens is 374 g/mol. The van der Waals surface area contributed by atoms with E-state index in [2.05, 4.69) is 4.98 Å². The first-order valence-corrected chi connectivity index (χ1v) is 8.28. The first-order valence-electron chi connectivity index (χ1n) is 8.28. The Hall–Kier alpha value is -3.15. The molecule has 1 aromatic heterocycles. The number of nitrogens with one attached hydrogen (secondary N) is 1. The van der Waals surface area contributed by atoms with Crippen molar-refractivity contribution in [3.05, 3.63) is 72.5 Å². The number of Topliss-reactive ketones (excluding diaryl/α,β-unsaturated/α-hetero) is 1. The van der Waals surface area contributed by atoms with Crippen LogP contribution in [0.15, 0.2) is 40.1 Å². The van der Waals surface area contributed by atoms with Gasteiger partial charge in [-0.1, -0.05) is 0 Å². The number of carbonyl (C=O) groups excluding carboxylic acids is 1. The molecule has 1 aromatic carbocycles. The Morgan fingerprint density at radius 3 is 2.57 bits per heavy atom. The van der Waals surface area contributed by atoms with Gasteiger partial charge in [0, 0.05) is 35.9 Å². The highest BCUT2D eigenvalue weighted by atomic mass is 16.6. The summed E-state index contributed by atoms with van der Waals surface area (Å²) in [6, 6.07) is 4.65. The number of aromatic amines is 1. The molecule has 1 fully saturated rings. The average Bonchev–Trinajstić information content (AvgIpc) is 3.01.